The minimum Gasteiger partial charge on any atom is -0.330 e. The van der Waals surface area contributed by atoms with Gasteiger partial charge in [-0.1, -0.05) is 0 Å². The summed E-state index contributed by atoms with van der Waals surface area (Å²) in [5.74, 6) is 3.09. The van der Waals surface area contributed by atoms with E-state index in [-0.39, 0.29) is 0 Å². The van der Waals surface area contributed by atoms with Crippen molar-refractivity contribution in [3.05, 3.63) is 0 Å². The predicted octanol–water partition coefficient (Wildman–Crippen LogP) is 0.601. The van der Waals surface area contributed by atoms with Gasteiger partial charge >= 0.3 is 0 Å². The molecule has 3 fully saturated rings. The first-order valence-electron chi connectivity index (χ1n) is 3.12. The Labute approximate surface area is 43.9 Å². The normalized spacial score (nSPS) is 55.3. The fraction of sp³-hybridized carbons (Fsp3) is 1.00. The summed E-state index contributed by atoms with van der Waals surface area (Å²) in [4.78, 5) is 0. The molecule has 0 aromatic rings. The third-order valence-electron chi connectivity index (χ3n) is 2.69. The Bertz CT molecular complexity index is 76.2. The molecule has 0 aromatic carbocycles. The van der Waals surface area contributed by atoms with Gasteiger partial charge in [0.1, 0.15) is 0 Å². The van der Waals surface area contributed by atoms with Gasteiger partial charge in [-0.25, -0.2) is 0 Å². The lowest BCUT2D eigenvalue weighted by atomic mass is 9.48. The van der Waals surface area contributed by atoms with Gasteiger partial charge in [0, 0.05) is 0 Å². The van der Waals surface area contributed by atoms with Crippen molar-refractivity contribution in [2.75, 3.05) is 6.54 Å². The molecule has 3 saturated carbocycles. The molecular weight excluding hydrogens is 86.1 g/mol. The lowest BCUT2D eigenvalue weighted by Gasteiger charge is -2.58. The molecular formula is C6H11N. The summed E-state index contributed by atoms with van der Waals surface area (Å²) in [6.45, 7) is 0.954. The van der Waals surface area contributed by atoms with E-state index < -0.39 is 0 Å². The van der Waals surface area contributed by atoms with E-state index in [0.29, 0.717) is 0 Å². The highest BCUT2D eigenvalue weighted by Gasteiger charge is 2.51. The summed E-state index contributed by atoms with van der Waals surface area (Å²) in [7, 11) is 0. The highest BCUT2D eigenvalue weighted by atomic mass is 14.7. The van der Waals surface area contributed by atoms with Crippen LogP contribution in [0.4, 0.5) is 0 Å². The average molecular weight is 97.2 g/mol. The summed E-state index contributed by atoms with van der Waals surface area (Å²) < 4.78 is 0. The smallest absolute Gasteiger partial charge is 0.00436 e. The van der Waals surface area contributed by atoms with Crippen molar-refractivity contribution in [2.24, 2.45) is 23.5 Å². The monoisotopic (exact) mass is 97.1 g/mol. The zero-order valence-corrected chi connectivity index (χ0v) is 4.43. The van der Waals surface area contributed by atoms with E-state index in [1.165, 1.54) is 12.8 Å². The van der Waals surface area contributed by atoms with Crippen LogP contribution < -0.4 is 5.73 Å². The molecule has 0 saturated heterocycles. The molecule has 0 atom stereocenters. The van der Waals surface area contributed by atoms with Gasteiger partial charge in [-0.3, -0.25) is 0 Å². The zero-order chi connectivity index (χ0) is 4.85. The number of hydrogen-bond donors (Lipinski definition) is 1. The number of hydrogen-bond acceptors (Lipinski definition) is 1. The van der Waals surface area contributed by atoms with Gasteiger partial charge in [0.05, 0.1) is 0 Å². The first-order valence-corrected chi connectivity index (χ1v) is 3.12. The van der Waals surface area contributed by atoms with Gasteiger partial charge in [-0.15, -0.1) is 0 Å². The lowest BCUT2D eigenvalue weighted by molar-refractivity contribution is -0.0734. The van der Waals surface area contributed by atoms with Crippen molar-refractivity contribution >= 4 is 0 Å². The standard InChI is InChI=1S/C6H11N/c7-3-6-4-1-5(6)2-4/h4-6H,1-3,7H2. The Morgan fingerprint density at radius 2 is 1.86 bits per heavy atom. The van der Waals surface area contributed by atoms with E-state index in [1.54, 1.807) is 0 Å². The van der Waals surface area contributed by atoms with E-state index in [9.17, 15) is 0 Å². The fourth-order valence-corrected chi connectivity index (χ4v) is 1.79. The van der Waals surface area contributed by atoms with Crippen LogP contribution >= 0.6 is 0 Å². The SMILES string of the molecule is NCC1C2CC1C2. The molecule has 3 rings (SSSR count). The minimum atomic E-state index is 0.954. The molecule has 0 spiro atoms. The molecule has 0 heterocycles. The van der Waals surface area contributed by atoms with Crippen molar-refractivity contribution < 1.29 is 0 Å². The molecule has 1 heteroatoms. The van der Waals surface area contributed by atoms with Gasteiger partial charge in [0.25, 0.3) is 0 Å². The van der Waals surface area contributed by atoms with Crippen LogP contribution in [-0.4, -0.2) is 6.54 Å². The van der Waals surface area contributed by atoms with Gasteiger partial charge in [-0.2, -0.15) is 0 Å². The Kier molecular flexibility index (Phi) is 0.571. The van der Waals surface area contributed by atoms with Crippen LogP contribution in [0.3, 0.4) is 0 Å². The van der Waals surface area contributed by atoms with Crippen LogP contribution in [0.1, 0.15) is 12.8 Å². The summed E-state index contributed by atoms with van der Waals surface area (Å²) in [5.41, 5.74) is 5.45. The molecule has 0 aromatic heterocycles. The molecule has 2 N–H and O–H groups in total. The maximum absolute atomic E-state index is 5.45. The molecule has 40 valence electrons. The molecule has 0 aliphatic heterocycles. The molecule has 3 aliphatic carbocycles. The minimum absolute atomic E-state index is 0.954. The summed E-state index contributed by atoms with van der Waals surface area (Å²) in [6.07, 6.45) is 3.00. The van der Waals surface area contributed by atoms with E-state index in [0.717, 1.165) is 24.3 Å². The van der Waals surface area contributed by atoms with Crippen LogP contribution in [0.2, 0.25) is 0 Å². The third-order valence-corrected chi connectivity index (χ3v) is 2.69. The predicted molar refractivity (Wildman–Crippen MR) is 28.8 cm³/mol. The van der Waals surface area contributed by atoms with E-state index in [1.807, 2.05) is 0 Å². The maximum Gasteiger partial charge on any atom is -0.00436 e. The molecule has 0 unspecified atom stereocenters. The van der Waals surface area contributed by atoms with Crippen molar-refractivity contribution in [3.8, 4) is 0 Å². The van der Waals surface area contributed by atoms with Crippen LogP contribution in [0, 0.1) is 17.8 Å². The molecule has 0 amide bonds. The van der Waals surface area contributed by atoms with Crippen LogP contribution in [-0.2, 0) is 0 Å². The van der Waals surface area contributed by atoms with Gasteiger partial charge in [0.15, 0.2) is 0 Å². The van der Waals surface area contributed by atoms with E-state index in [2.05, 4.69) is 0 Å². The van der Waals surface area contributed by atoms with Gasteiger partial charge in [-0.05, 0) is 37.1 Å². The van der Waals surface area contributed by atoms with Gasteiger partial charge < -0.3 is 5.73 Å². The summed E-state index contributed by atoms with van der Waals surface area (Å²) in [6, 6.07) is 0. The van der Waals surface area contributed by atoms with E-state index in [4.69, 9.17) is 5.73 Å². The number of nitrogens with two attached hydrogens (primary N) is 1. The highest BCUT2D eigenvalue weighted by Crippen LogP contribution is 2.57. The van der Waals surface area contributed by atoms with Crippen LogP contribution in [0.5, 0.6) is 0 Å². The highest BCUT2D eigenvalue weighted by molar-refractivity contribution is 5.01. The van der Waals surface area contributed by atoms with Crippen molar-refractivity contribution in [3.63, 3.8) is 0 Å². The van der Waals surface area contributed by atoms with Crippen LogP contribution in [0.25, 0.3) is 0 Å². The first kappa shape index (κ1) is 3.90. The lowest BCUT2D eigenvalue weighted by Crippen LogP contribution is -2.53. The first-order chi connectivity index (χ1) is 3.42. The van der Waals surface area contributed by atoms with E-state index >= 15 is 0 Å². The summed E-state index contributed by atoms with van der Waals surface area (Å²) >= 11 is 0. The molecule has 3 aliphatic rings. The average Bonchev–Trinajstić information content (AvgIpc) is 1.24. The second-order valence-electron chi connectivity index (χ2n) is 2.89. The van der Waals surface area contributed by atoms with Crippen molar-refractivity contribution in [2.45, 2.75) is 12.8 Å². The Morgan fingerprint density at radius 1 is 1.29 bits per heavy atom. The zero-order valence-electron chi connectivity index (χ0n) is 4.43. The molecule has 1 nitrogen and oxygen atoms in total. The molecule has 2 bridgehead atoms. The molecule has 0 radical (unpaired) electrons. The quantitative estimate of drug-likeness (QED) is 0.509. The molecule has 7 heavy (non-hydrogen) atoms. The Balaban J connectivity index is 1.94. The van der Waals surface area contributed by atoms with Crippen molar-refractivity contribution in [1.29, 1.82) is 0 Å². The van der Waals surface area contributed by atoms with Crippen molar-refractivity contribution in [1.82, 2.24) is 0 Å². The fourth-order valence-electron chi connectivity index (χ4n) is 1.79. The second-order valence-corrected chi connectivity index (χ2v) is 2.89. The maximum atomic E-state index is 5.45. The van der Waals surface area contributed by atoms with Crippen LogP contribution in [0.15, 0.2) is 0 Å². The van der Waals surface area contributed by atoms with Gasteiger partial charge in [0.2, 0.25) is 0 Å². The third kappa shape index (κ3) is 0.290. The topological polar surface area (TPSA) is 26.0 Å². The Morgan fingerprint density at radius 3 is 1.86 bits per heavy atom. The summed E-state index contributed by atoms with van der Waals surface area (Å²) in [5, 5.41) is 0. The number of rotatable bonds is 1. The second kappa shape index (κ2) is 1.03. The largest absolute Gasteiger partial charge is 0.330 e. The Hall–Kier alpha value is -0.0400.